The van der Waals surface area contributed by atoms with Gasteiger partial charge in [0.25, 0.3) is 0 Å². The molecule has 190 valence electrons. The molecule has 0 fully saturated rings. The molecule has 0 radical (unpaired) electrons. The second kappa shape index (κ2) is 8.55. The summed E-state index contributed by atoms with van der Waals surface area (Å²) >= 11 is 0. The lowest BCUT2D eigenvalue weighted by atomic mass is 9.92. The average molecular weight is 520 g/mol. The minimum Gasteiger partial charge on any atom is -0.309 e. The van der Waals surface area contributed by atoms with Gasteiger partial charge in [-0.3, -0.25) is 0 Å². The number of aromatic nitrogens is 1. The predicted octanol–water partition coefficient (Wildman–Crippen LogP) is 10.9. The van der Waals surface area contributed by atoms with E-state index in [0.717, 1.165) is 0 Å². The maximum Gasteiger partial charge on any atom is 0.0547 e. The molecule has 1 nitrogen and oxygen atoms in total. The van der Waals surface area contributed by atoms with Crippen LogP contribution >= 0.6 is 0 Å². The molecule has 0 amide bonds. The molecule has 41 heavy (non-hydrogen) atoms. The average Bonchev–Trinajstić information content (AvgIpc) is 3.56. The number of para-hydroxylation sites is 2. The summed E-state index contributed by atoms with van der Waals surface area (Å²) in [5.74, 6) is 0. The predicted molar refractivity (Wildman–Crippen MR) is 174 cm³/mol. The zero-order chi connectivity index (χ0) is 26.9. The van der Waals surface area contributed by atoms with Gasteiger partial charge in [0.05, 0.1) is 11.0 Å². The first kappa shape index (κ1) is 22.4. The van der Waals surface area contributed by atoms with E-state index in [4.69, 9.17) is 0 Å². The van der Waals surface area contributed by atoms with E-state index in [2.05, 4.69) is 156 Å². The molecule has 0 spiro atoms. The Kier molecular flexibility index (Phi) is 4.67. The van der Waals surface area contributed by atoms with Crippen LogP contribution in [0.2, 0.25) is 0 Å². The van der Waals surface area contributed by atoms with Gasteiger partial charge in [0.15, 0.2) is 0 Å². The second-order valence-electron chi connectivity index (χ2n) is 10.9. The Bertz CT molecular complexity index is 2270. The first-order valence-corrected chi connectivity index (χ1v) is 14.2. The summed E-state index contributed by atoms with van der Waals surface area (Å²) in [6, 6.07) is 55.4. The molecule has 0 saturated carbocycles. The zero-order valence-corrected chi connectivity index (χ0v) is 22.4. The maximum atomic E-state index is 2.39. The minimum atomic E-state index is 1.18. The fraction of sp³-hybridized carbons (Fsp3) is 0. The Hall–Kier alpha value is -5.40. The fourth-order valence-corrected chi connectivity index (χ4v) is 7.03. The maximum absolute atomic E-state index is 2.39. The molecule has 0 saturated heterocycles. The number of hydrogen-bond donors (Lipinski definition) is 0. The largest absolute Gasteiger partial charge is 0.309 e. The van der Waals surface area contributed by atoms with Crippen LogP contribution in [0, 0.1) is 0 Å². The molecule has 0 atom stereocenters. The van der Waals surface area contributed by atoms with Crippen molar-refractivity contribution in [3.63, 3.8) is 0 Å². The van der Waals surface area contributed by atoms with E-state index in [0.29, 0.717) is 0 Å². The Morgan fingerprint density at radius 2 is 0.878 bits per heavy atom. The highest BCUT2D eigenvalue weighted by molar-refractivity contribution is 6.19. The highest BCUT2D eigenvalue weighted by Gasteiger charge is 2.22. The van der Waals surface area contributed by atoms with Crippen molar-refractivity contribution in [1.82, 2.24) is 4.57 Å². The normalized spacial score (nSPS) is 11.9. The van der Waals surface area contributed by atoms with Crippen molar-refractivity contribution in [2.75, 3.05) is 0 Å². The zero-order valence-electron chi connectivity index (χ0n) is 22.4. The van der Waals surface area contributed by atoms with Crippen molar-refractivity contribution in [2.45, 2.75) is 0 Å². The molecule has 0 unspecified atom stereocenters. The van der Waals surface area contributed by atoms with E-state index in [1.165, 1.54) is 82.8 Å². The van der Waals surface area contributed by atoms with Crippen LogP contribution in [0.1, 0.15) is 0 Å². The summed E-state index contributed by atoms with van der Waals surface area (Å²) in [5, 5.41) is 5.24. The van der Waals surface area contributed by atoms with Gasteiger partial charge in [-0.2, -0.15) is 0 Å². The van der Waals surface area contributed by atoms with Gasteiger partial charge in [-0.15, -0.1) is 0 Å². The number of fused-ring (bicyclic) bond motifs is 6. The van der Waals surface area contributed by atoms with Crippen LogP contribution in [0.5, 0.6) is 0 Å². The third kappa shape index (κ3) is 3.18. The molecule has 0 N–H and O–H groups in total. The monoisotopic (exact) mass is 519 g/mol. The van der Waals surface area contributed by atoms with Crippen molar-refractivity contribution < 1.29 is 0 Å². The number of hydrogen-bond acceptors (Lipinski definition) is 0. The van der Waals surface area contributed by atoms with Gasteiger partial charge < -0.3 is 4.57 Å². The number of rotatable bonds is 3. The topological polar surface area (TPSA) is 4.93 Å². The van der Waals surface area contributed by atoms with Gasteiger partial charge in [0, 0.05) is 16.5 Å². The lowest BCUT2D eigenvalue weighted by molar-refractivity contribution is 1.18. The van der Waals surface area contributed by atoms with Crippen molar-refractivity contribution in [1.29, 1.82) is 0 Å². The van der Waals surface area contributed by atoms with Gasteiger partial charge in [-0.05, 0) is 85.6 Å². The molecule has 9 rings (SSSR count). The van der Waals surface area contributed by atoms with Gasteiger partial charge in [-0.25, -0.2) is 0 Å². The smallest absolute Gasteiger partial charge is 0.0547 e. The molecule has 1 aromatic heterocycles. The van der Waals surface area contributed by atoms with Gasteiger partial charge >= 0.3 is 0 Å². The molecule has 7 aromatic carbocycles. The van der Waals surface area contributed by atoms with Crippen LogP contribution in [-0.4, -0.2) is 4.57 Å². The summed E-state index contributed by atoms with van der Waals surface area (Å²) in [4.78, 5) is 0. The van der Waals surface area contributed by atoms with Crippen LogP contribution in [0.15, 0.2) is 152 Å². The Morgan fingerprint density at radius 3 is 1.73 bits per heavy atom. The summed E-state index contributed by atoms with van der Waals surface area (Å²) < 4.78 is 2.39. The molecule has 1 heterocycles. The van der Waals surface area contributed by atoms with E-state index in [1.54, 1.807) is 0 Å². The van der Waals surface area contributed by atoms with E-state index in [-0.39, 0.29) is 0 Å². The summed E-state index contributed by atoms with van der Waals surface area (Å²) in [6.45, 7) is 0. The highest BCUT2D eigenvalue weighted by Crippen LogP contribution is 2.49. The van der Waals surface area contributed by atoms with Crippen LogP contribution in [0.25, 0.3) is 82.8 Å². The first-order valence-electron chi connectivity index (χ1n) is 14.2. The molecule has 0 aliphatic heterocycles. The van der Waals surface area contributed by atoms with E-state index >= 15 is 0 Å². The van der Waals surface area contributed by atoms with E-state index in [1.807, 2.05) is 0 Å². The van der Waals surface area contributed by atoms with Crippen molar-refractivity contribution in [3.05, 3.63) is 152 Å². The minimum absolute atomic E-state index is 1.18. The second-order valence-corrected chi connectivity index (χ2v) is 10.9. The fourth-order valence-electron chi connectivity index (χ4n) is 7.03. The third-order valence-corrected chi connectivity index (χ3v) is 8.74. The molecular formula is C40H25N. The lowest BCUT2D eigenvalue weighted by Crippen LogP contribution is -1.92. The van der Waals surface area contributed by atoms with E-state index in [9.17, 15) is 0 Å². The lowest BCUT2D eigenvalue weighted by Gasteiger charge is -2.12. The van der Waals surface area contributed by atoms with Crippen LogP contribution < -0.4 is 0 Å². The van der Waals surface area contributed by atoms with Crippen molar-refractivity contribution in [3.8, 4) is 50.2 Å². The SMILES string of the molecule is c1ccc(-n2c3ccccc3c3c(-c4cccc(-c5ccc6c7c(cccc57)-c5ccccc5-6)c4)cccc32)cc1. The standard InChI is InChI=1S/C40H25N/c1-2-13-28(14-3-1)41-37-21-7-6-17-36(37)40-30(18-10-22-38(40)41)27-12-8-11-26(25-27)29-23-24-35-32-16-5-4-15-31(32)34-20-9-19-33(29)39(34)35/h1-25H. The van der Waals surface area contributed by atoms with Crippen LogP contribution in [0.3, 0.4) is 0 Å². The third-order valence-electron chi connectivity index (χ3n) is 8.74. The van der Waals surface area contributed by atoms with Gasteiger partial charge in [-0.1, -0.05) is 121 Å². The first-order chi connectivity index (χ1) is 20.4. The van der Waals surface area contributed by atoms with Crippen molar-refractivity contribution >= 4 is 32.6 Å². The molecule has 1 aliphatic rings. The molecule has 0 bridgehead atoms. The van der Waals surface area contributed by atoms with Gasteiger partial charge in [0.2, 0.25) is 0 Å². The summed E-state index contributed by atoms with van der Waals surface area (Å²) in [5.41, 5.74) is 14.0. The number of benzene rings is 7. The Balaban J connectivity index is 1.27. The van der Waals surface area contributed by atoms with Crippen LogP contribution in [0.4, 0.5) is 0 Å². The molecule has 1 heteroatoms. The molecule has 1 aliphatic carbocycles. The molecular weight excluding hydrogens is 494 g/mol. The summed E-state index contributed by atoms with van der Waals surface area (Å²) in [6.07, 6.45) is 0. The van der Waals surface area contributed by atoms with Gasteiger partial charge in [0.1, 0.15) is 0 Å². The summed E-state index contributed by atoms with van der Waals surface area (Å²) in [7, 11) is 0. The number of nitrogens with zero attached hydrogens (tertiary/aromatic N) is 1. The van der Waals surface area contributed by atoms with Crippen molar-refractivity contribution in [2.24, 2.45) is 0 Å². The Morgan fingerprint density at radius 1 is 0.317 bits per heavy atom. The van der Waals surface area contributed by atoms with Crippen LogP contribution in [-0.2, 0) is 0 Å². The molecule has 8 aromatic rings. The highest BCUT2D eigenvalue weighted by atomic mass is 15.0. The van der Waals surface area contributed by atoms with E-state index < -0.39 is 0 Å². The Labute approximate surface area is 238 Å². The quantitative estimate of drug-likeness (QED) is 0.219.